The van der Waals surface area contributed by atoms with Crippen molar-refractivity contribution in [2.45, 2.75) is 51.1 Å². The third-order valence-corrected chi connectivity index (χ3v) is 6.17. The Bertz CT molecular complexity index is 1130. The van der Waals surface area contributed by atoms with Gasteiger partial charge in [-0.2, -0.15) is 5.10 Å². The second-order valence-corrected chi connectivity index (χ2v) is 8.02. The Morgan fingerprint density at radius 1 is 1.10 bits per heavy atom. The van der Waals surface area contributed by atoms with Crippen LogP contribution in [0.2, 0.25) is 0 Å². The number of benzene rings is 1. The molecule has 0 spiro atoms. The molecule has 5 rings (SSSR count). The van der Waals surface area contributed by atoms with Gasteiger partial charge in [-0.15, -0.1) is 0 Å². The minimum Gasteiger partial charge on any atom is -0.332 e. The Morgan fingerprint density at radius 3 is 2.90 bits per heavy atom. The fraction of sp³-hybridized carbons (Fsp3) is 0.391. The maximum absolute atomic E-state index is 13.3. The first-order valence-electron chi connectivity index (χ1n) is 10.5. The predicted octanol–water partition coefficient (Wildman–Crippen LogP) is 2.98. The molecule has 3 aromatic rings. The van der Waals surface area contributed by atoms with Crippen molar-refractivity contribution >= 4 is 16.7 Å². The second-order valence-electron chi connectivity index (χ2n) is 8.02. The second kappa shape index (κ2) is 7.43. The lowest BCUT2D eigenvalue weighted by Crippen LogP contribution is -2.41. The van der Waals surface area contributed by atoms with E-state index < -0.39 is 0 Å². The molecule has 1 fully saturated rings. The Balaban J connectivity index is 1.43. The molecule has 2 aromatic heterocycles. The van der Waals surface area contributed by atoms with E-state index in [1.54, 1.807) is 16.9 Å². The fourth-order valence-electron chi connectivity index (χ4n) is 4.65. The van der Waals surface area contributed by atoms with E-state index in [1.807, 2.05) is 35.2 Å². The molecule has 6 nitrogen and oxygen atoms in total. The molecule has 1 unspecified atom stereocenters. The molecule has 6 heteroatoms. The molecule has 1 saturated heterocycles. The van der Waals surface area contributed by atoms with Crippen LogP contribution in [0.25, 0.3) is 10.8 Å². The molecule has 0 N–H and O–H groups in total. The summed E-state index contributed by atoms with van der Waals surface area (Å²) >= 11 is 0. The highest BCUT2D eigenvalue weighted by Crippen LogP contribution is 2.24. The van der Waals surface area contributed by atoms with Crippen LogP contribution in [-0.4, -0.2) is 38.2 Å². The molecule has 1 amide bonds. The van der Waals surface area contributed by atoms with Gasteiger partial charge in [0.2, 0.25) is 0 Å². The molecular formula is C23H24N4O2. The van der Waals surface area contributed by atoms with Gasteiger partial charge in [0.25, 0.3) is 11.5 Å². The third-order valence-electron chi connectivity index (χ3n) is 6.17. The molecule has 1 atom stereocenters. The monoisotopic (exact) mass is 388 g/mol. The first kappa shape index (κ1) is 18.0. The molecule has 0 radical (unpaired) electrons. The van der Waals surface area contributed by atoms with Crippen molar-refractivity contribution in [3.05, 3.63) is 69.9 Å². The van der Waals surface area contributed by atoms with Gasteiger partial charge in [0.05, 0.1) is 18.3 Å². The summed E-state index contributed by atoms with van der Waals surface area (Å²) in [7, 11) is 0. The van der Waals surface area contributed by atoms with Crippen molar-refractivity contribution in [1.82, 2.24) is 19.7 Å². The number of nitrogens with zero attached hydrogens (tertiary/aromatic N) is 4. The van der Waals surface area contributed by atoms with Crippen LogP contribution in [0, 0.1) is 0 Å². The number of rotatable bonds is 3. The summed E-state index contributed by atoms with van der Waals surface area (Å²) in [5.74, 6) is -0.0599. The molecule has 1 aliphatic carbocycles. The van der Waals surface area contributed by atoms with Crippen LogP contribution in [0.5, 0.6) is 0 Å². The maximum atomic E-state index is 13.3. The van der Waals surface area contributed by atoms with Crippen LogP contribution < -0.4 is 5.56 Å². The highest BCUT2D eigenvalue weighted by atomic mass is 16.2. The quantitative estimate of drug-likeness (QED) is 0.692. The van der Waals surface area contributed by atoms with Gasteiger partial charge >= 0.3 is 0 Å². The molecule has 0 bridgehead atoms. The number of aryl methyl sites for hydroxylation is 2. The van der Waals surface area contributed by atoms with Crippen LogP contribution in [0.3, 0.4) is 0 Å². The van der Waals surface area contributed by atoms with Gasteiger partial charge in [-0.3, -0.25) is 14.6 Å². The van der Waals surface area contributed by atoms with Gasteiger partial charge in [-0.25, -0.2) is 4.68 Å². The lowest BCUT2D eigenvalue weighted by atomic mass is 9.97. The minimum absolute atomic E-state index is 0.0323. The summed E-state index contributed by atoms with van der Waals surface area (Å²) < 4.78 is 1.57. The van der Waals surface area contributed by atoms with Gasteiger partial charge in [0.1, 0.15) is 5.69 Å². The molecule has 29 heavy (non-hydrogen) atoms. The van der Waals surface area contributed by atoms with E-state index in [0.717, 1.165) is 60.6 Å². The van der Waals surface area contributed by atoms with E-state index in [-0.39, 0.29) is 17.5 Å². The standard InChI is InChI=1S/C23H24N4O2/c28-21-14-17-7-2-4-10-20(17)25-27(21)15-18-8-5-13-26(18)23(29)22-19-9-3-1-6-16(19)11-12-24-22/h1,3,6,9,11-12,14,18H,2,4-5,7-8,10,13,15H2. The van der Waals surface area contributed by atoms with Crippen molar-refractivity contribution in [1.29, 1.82) is 0 Å². The number of aromatic nitrogens is 3. The summed E-state index contributed by atoms with van der Waals surface area (Å²) in [6, 6.07) is 11.5. The summed E-state index contributed by atoms with van der Waals surface area (Å²) in [5, 5.41) is 6.52. The largest absolute Gasteiger partial charge is 0.332 e. The van der Waals surface area contributed by atoms with E-state index in [4.69, 9.17) is 0 Å². The van der Waals surface area contributed by atoms with Gasteiger partial charge < -0.3 is 4.90 Å². The summed E-state index contributed by atoms with van der Waals surface area (Å²) in [5.41, 5.74) is 2.56. The molecule has 3 heterocycles. The minimum atomic E-state index is -0.0618. The normalized spacial score (nSPS) is 18.8. The molecular weight excluding hydrogens is 364 g/mol. The molecule has 0 saturated carbocycles. The van der Waals surface area contributed by atoms with Crippen LogP contribution in [-0.2, 0) is 19.4 Å². The van der Waals surface area contributed by atoms with Crippen molar-refractivity contribution < 1.29 is 4.79 Å². The molecule has 1 aromatic carbocycles. The van der Waals surface area contributed by atoms with Crippen LogP contribution in [0.15, 0.2) is 47.4 Å². The average molecular weight is 388 g/mol. The Morgan fingerprint density at radius 2 is 1.97 bits per heavy atom. The summed E-state index contributed by atoms with van der Waals surface area (Å²) in [6.45, 7) is 1.14. The maximum Gasteiger partial charge on any atom is 0.273 e. The topological polar surface area (TPSA) is 68.1 Å². The number of carbonyl (C=O) groups excluding carboxylic acids is 1. The lowest BCUT2D eigenvalue weighted by molar-refractivity contribution is 0.0716. The number of amides is 1. The number of fused-ring (bicyclic) bond motifs is 2. The third kappa shape index (κ3) is 3.33. The van der Waals surface area contributed by atoms with E-state index in [1.165, 1.54) is 0 Å². The van der Waals surface area contributed by atoms with E-state index in [0.29, 0.717) is 18.8 Å². The Hall–Kier alpha value is -3.02. The van der Waals surface area contributed by atoms with E-state index in [9.17, 15) is 9.59 Å². The zero-order chi connectivity index (χ0) is 19.8. The zero-order valence-corrected chi connectivity index (χ0v) is 16.4. The molecule has 148 valence electrons. The van der Waals surface area contributed by atoms with Crippen molar-refractivity contribution in [3.63, 3.8) is 0 Å². The van der Waals surface area contributed by atoms with Crippen molar-refractivity contribution in [2.24, 2.45) is 0 Å². The van der Waals surface area contributed by atoms with Gasteiger partial charge in [0.15, 0.2) is 0 Å². The smallest absolute Gasteiger partial charge is 0.273 e. The Labute approximate surface area is 169 Å². The van der Waals surface area contributed by atoms with Gasteiger partial charge in [-0.05, 0) is 55.5 Å². The first-order chi connectivity index (χ1) is 14.2. The van der Waals surface area contributed by atoms with E-state index in [2.05, 4.69) is 10.1 Å². The number of likely N-dealkylation sites (tertiary alicyclic amines) is 1. The van der Waals surface area contributed by atoms with Crippen LogP contribution in [0.1, 0.15) is 47.4 Å². The van der Waals surface area contributed by atoms with Crippen LogP contribution in [0.4, 0.5) is 0 Å². The SMILES string of the molecule is O=C(c1nccc2ccccc12)N1CCCC1Cn1nc2c(cc1=O)CCCC2. The predicted molar refractivity (Wildman–Crippen MR) is 111 cm³/mol. The van der Waals surface area contributed by atoms with E-state index >= 15 is 0 Å². The number of hydrogen-bond donors (Lipinski definition) is 0. The fourth-order valence-corrected chi connectivity index (χ4v) is 4.65. The lowest BCUT2D eigenvalue weighted by Gasteiger charge is -2.25. The van der Waals surface area contributed by atoms with Gasteiger partial charge in [-0.1, -0.05) is 24.3 Å². The highest BCUT2D eigenvalue weighted by Gasteiger charge is 2.31. The Kier molecular flexibility index (Phi) is 4.62. The first-order valence-corrected chi connectivity index (χ1v) is 10.5. The van der Waals surface area contributed by atoms with Gasteiger partial charge in [0, 0.05) is 24.2 Å². The van der Waals surface area contributed by atoms with Crippen molar-refractivity contribution in [2.75, 3.05) is 6.54 Å². The number of carbonyl (C=O) groups is 1. The molecule has 1 aliphatic heterocycles. The highest BCUT2D eigenvalue weighted by molar-refractivity contribution is 6.05. The van der Waals surface area contributed by atoms with Crippen molar-refractivity contribution in [3.8, 4) is 0 Å². The van der Waals surface area contributed by atoms with Crippen LogP contribution >= 0.6 is 0 Å². The summed E-state index contributed by atoms with van der Waals surface area (Å²) in [6.07, 6.45) is 7.63. The number of pyridine rings is 1. The average Bonchev–Trinajstić information content (AvgIpc) is 3.21. The number of hydrogen-bond acceptors (Lipinski definition) is 4. The summed E-state index contributed by atoms with van der Waals surface area (Å²) in [4.78, 5) is 32.2. The zero-order valence-electron chi connectivity index (χ0n) is 16.4. The molecule has 2 aliphatic rings.